The quantitative estimate of drug-likeness (QED) is 0.886. The first kappa shape index (κ1) is 14.3. The van der Waals surface area contributed by atoms with Gasteiger partial charge in [0.2, 0.25) is 0 Å². The molecular formula is C14H14BrClN2O. The van der Waals surface area contributed by atoms with Crippen LogP contribution in [0.15, 0.2) is 27.5 Å². The first-order valence-corrected chi connectivity index (χ1v) is 7.13. The molecule has 1 aromatic heterocycles. The average molecular weight is 342 g/mol. The Balaban J connectivity index is 2.65. The maximum absolute atomic E-state index is 12.1. The van der Waals surface area contributed by atoms with Crippen molar-refractivity contribution in [2.75, 3.05) is 0 Å². The van der Waals surface area contributed by atoms with Gasteiger partial charge in [-0.15, -0.1) is 0 Å². The molecule has 1 aromatic carbocycles. The van der Waals surface area contributed by atoms with Gasteiger partial charge in [0.1, 0.15) is 5.82 Å². The molecule has 0 radical (unpaired) electrons. The second kappa shape index (κ2) is 5.47. The van der Waals surface area contributed by atoms with Gasteiger partial charge in [0.15, 0.2) is 0 Å². The number of hydrogen-bond donors (Lipinski definition) is 1. The van der Waals surface area contributed by atoms with Crippen LogP contribution in [0, 0.1) is 6.92 Å². The smallest absolute Gasteiger partial charge is 0.254 e. The number of hydrogen-bond acceptors (Lipinski definition) is 2. The number of aromatic amines is 1. The molecule has 0 aliphatic rings. The van der Waals surface area contributed by atoms with Crippen molar-refractivity contribution in [2.24, 2.45) is 0 Å². The van der Waals surface area contributed by atoms with E-state index in [4.69, 9.17) is 11.6 Å². The van der Waals surface area contributed by atoms with Crippen molar-refractivity contribution in [3.63, 3.8) is 0 Å². The number of H-pyrrole nitrogens is 1. The highest BCUT2D eigenvalue weighted by Gasteiger charge is 2.14. The molecule has 3 nitrogen and oxygen atoms in total. The predicted molar refractivity (Wildman–Crippen MR) is 81.8 cm³/mol. The van der Waals surface area contributed by atoms with E-state index in [1.54, 1.807) is 6.07 Å². The molecule has 2 rings (SSSR count). The number of rotatable bonds is 2. The van der Waals surface area contributed by atoms with Crippen LogP contribution in [0.4, 0.5) is 0 Å². The Hall–Kier alpha value is -1.13. The van der Waals surface area contributed by atoms with E-state index in [-0.39, 0.29) is 11.5 Å². The summed E-state index contributed by atoms with van der Waals surface area (Å²) in [6.07, 6.45) is 0. The van der Waals surface area contributed by atoms with Crippen LogP contribution in [0.1, 0.15) is 31.0 Å². The molecule has 1 heterocycles. The van der Waals surface area contributed by atoms with Crippen molar-refractivity contribution >= 4 is 27.5 Å². The average Bonchev–Trinajstić information content (AvgIpc) is 2.30. The van der Waals surface area contributed by atoms with Gasteiger partial charge in [0.25, 0.3) is 5.56 Å². The van der Waals surface area contributed by atoms with Crippen LogP contribution in [0.5, 0.6) is 0 Å². The topological polar surface area (TPSA) is 45.8 Å². The van der Waals surface area contributed by atoms with Crippen LogP contribution >= 0.6 is 27.5 Å². The van der Waals surface area contributed by atoms with Crippen molar-refractivity contribution in [2.45, 2.75) is 26.7 Å². The summed E-state index contributed by atoms with van der Waals surface area (Å²) < 4.78 is 0.889. The van der Waals surface area contributed by atoms with Crippen LogP contribution < -0.4 is 5.56 Å². The Morgan fingerprint density at radius 1 is 1.37 bits per heavy atom. The summed E-state index contributed by atoms with van der Waals surface area (Å²) in [6.45, 7) is 5.80. The minimum absolute atomic E-state index is 0.103. The van der Waals surface area contributed by atoms with Crippen molar-refractivity contribution in [3.8, 4) is 11.4 Å². The van der Waals surface area contributed by atoms with Crippen LogP contribution in [0.2, 0.25) is 5.02 Å². The minimum atomic E-state index is -0.103. The predicted octanol–water partition coefficient (Wildman–Crippen LogP) is 4.28. The molecule has 1 N–H and O–H groups in total. The summed E-state index contributed by atoms with van der Waals surface area (Å²) >= 11 is 9.54. The SMILES string of the molecule is Cc1nc(-c2cc(Br)ccc2Cl)[nH]c(=O)c1C(C)C. The zero-order valence-corrected chi connectivity index (χ0v) is 13.3. The van der Waals surface area contributed by atoms with Gasteiger partial charge < -0.3 is 4.98 Å². The molecule has 0 aliphatic carbocycles. The molecule has 0 saturated heterocycles. The second-order valence-electron chi connectivity index (χ2n) is 4.69. The summed E-state index contributed by atoms with van der Waals surface area (Å²) in [5.74, 6) is 0.640. The number of aryl methyl sites for hydroxylation is 1. The maximum Gasteiger partial charge on any atom is 0.254 e. The molecule has 0 aliphatic heterocycles. The molecular weight excluding hydrogens is 328 g/mol. The highest BCUT2D eigenvalue weighted by Crippen LogP contribution is 2.28. The number of nitrogens with one attached hydrogen (secondary N) is 1. The number of nitrogens with zero attached hydrogens (tertiary/aromatic N) is 1. The van der Waals surface area contributed by atoms with Crippen molar-refractivity contribution in [3.05, 3.63) is 49.3 Å². The lowest BCUT2D eigenvalue weighted by molar-refractivity contribution is 0.815. The van der Waals surface area contributed by atoms with Gasteiger partial charge >= 0.3 is 0 Å². The van der Waals surface area contributed by atoms with E-state index < -0.39 is 0 Å². The zero-order valence-electron chi connectivity index (χ0n) is 10.9. The lowest BCUT2D eigenvalue weighted by Gasteiger charge is -2.10. The highest BCUT2D eigenvalue weighted by atomic mass is 79.9. The fraction of sp³-hybridized carbons (Fsp3) is 0.286. The molecule has 0 unspecified atom stereocenters. The fourth-order valence-corrected chi connectivity index (χ4v) is 2.65. The van der Waals surface area contributed by atoms with E-state index >= 15 is 0 Å². The molecule has 100 valence electrons. The van der Waals surface area contributed by atoms with Crippen LogP contribution in [-0.4, -0.2) is 9.97 Å². The van der Waals surface area contributed by atoms with Crippen molar-refractivity contribution < 1.29 is 0 Å². The first-order chi connectivity index (χ1) is 8.90. The molecule has 0 amide bonds. The number of aromatic nitrogens is 2. The molecule has 19 heavy (non-hydrogen) atoms. The van der Waals surface area contributed by atoms with E-state index in [1.807, 2.05) is 32.9 Å². The fourth-order valence-electron chi connectivity index (χ4n) is 2.08. The van der Waals surface area contributed by atoms with Gasteiger partial charge in [-0.1, -0.05) is 41.4 Å². The summed E-state index contributed by atoms with van der Waals surface area (Å²) in [4.78, 5) is 19.4. The Bertz CT molecular complexity index is 680. The summed E-state index contributed by atoms with van der Waals surface area (Å²) in [5, 5.41) is 0.558. The largest absolute Gasteiger partial charge is 0.306 e. The summed E-state index contributed by atoms with van der Waals surface area (Å²) in [7, 11) is 0. The zero-order chi connectivity index (χ0) is 14.2. The second-order valence-corrected chi connectivity index (χ2v) is 6.02. The Kier molecular flexibility index (Phi) is 4.11. The van der Waals surface area contributed by atoms with Gasteiger partial charge in [-0.3, -0.25) is 4.79 Å². The van der Waals surface area contributed by atoms with E-state index in [0.29, 0.717) is 16.4 Å². The molecule has 2 aromatic rings. The maximum atomic E-state index is 12.1. The third-order valence-corrected chi connectivity index (χ3v) is 3.73. The Labute approximate surface area is 125 Å². The molecule has 0 fully saturated rings. The van der Waals surface area contributed by atoms with Gasteiger partial charge in [-0.05, 0) is 31.0 Å². The standard InChI is InChI=1S/C14H14BrClN2O/c1-7(2)12-8(3)17-13(18-14(12)19)10-6-9(15)4-5-11(10)16/h4-7H,1-3H3,(H,17,18,19). The van der Waals surface area contributed by atoms with Crippen molar-refractivity contribution in [1.29, 1.82) is 0 Å². The summed E-state index contributed by atoms with van der Waals surface area (Å²) in [5.41, 5.74) is 2.07. The summed E-state index contributed by atoms with van der Waals surface area (Å²) in [6, 6.07) is 5.46. The van der Waals surface area contributed by atoms with Crippen LogP contribution in [0.25, 0.3) is 11.4 Å². The molecule has 0 saturated carbocycles. The molecule has 0 bridgehead atoms. The minimum Gasteiger partial charge on any atom is -0.306 e. The van der Waals surface area contributed by atoms with E-state index in [9.17, 15) is 4.79 Å². The number of benzene rings is 1. The Morgan fingerprint density at radius 2 is 2.05 bits per heavy atom. The lowest BCUT2D eigenvalue weighted by atomic mass is 10.0. The normalized spacial score (nSPS) is 11.1. The number of halogens is 2. The third-order valence-electron chi connectivity index (χ3n) is 2.91. The van der Waals surface area contributed by atoms with Crippen molar-refractivity contribution in [1.82, 2.24) is 9.97 Å². The highest BCUT2D eigenvalue weighted by molar-refractivity contribution is 9.10. The monoisotopic (exact) mass is 340 g/mol. The van der Waals surface area contributed by atoms with Crippen LogP contribution in [-0.2, 0) is 0 Å². The Morgan fingerprint density at radius 3 is 2.63 bits per heavy atom. The molecule has 5 heteroatoms. The van der Waals surface area contributed by atoms with Crippen LogP contribution in [0.3, 0.4) is 0 Å². The van der Waals surface area contributed by atoms with Gasteiger partial charge in [0.05, 0.1) is 5.02 Å². The van der Waals surface area contributed by atoms with E-state index in [1.165, 1.54) is 0 Å². The lowest BCUT2D eigenvalue weighted by Crippen LogP contribution is -2.18. The third kappa shape index (κ3) is 2.90. The van der Waals surface area contributed by atoms with Gasteiger partial charge in [0, 0.05) is 21.3 Å². The van der Waals surface area contributed by atoms with E-state index in [0.717, 1.165) is 15.7 Å². The molecule has 0 atom stereocenters. The first-order valence-electron chi connectivity index (χ1n) is 5.96. The van der Waals surface area contributed by atoms with E-state index in [2.05, 4.69) is 25.9 Å². The van der Waals surface area contributed by atoms with Gasteiger partial charge in [-0.25, -0.2) is 4.98 Å². The molecule has 0 spiro atoms. The van der Waals surface area contributed by atoms with Gasteiger partial charge in [-0.2, -0.15) is 0 Å².